The van der Waals surface area contributed by atoms with E-state index in [-0.39, 0.29) is 54.1 Å². The van der Waals surface area contributed by atoms with Crippen molar-refractivity contribution in [2.75, 3.05) is 18.0 Å². The SMILES string of the molecule is CCN1/C(=C/C=C/C2=[N+](CCCCCC(=O)ON3C(=O)CCC3=O)c3ccccc3C2(C)C)C(C)(C)c2ccccc21.[I-]. The summed E-state index contributed by atoms with van der Waals surface area (Å²) in [6, 6.07) is 17.3. The van der Waals surface area contributed by atoms with E-state index in [0.29, 0.717) is 11.5 Å². The summed E-state index contributed by atoms with van der Waals surface area (Å²) in [5, 5.41) is 0.625. The number of para-hydroxylation sites is 2. The monoisotopic (exact) mass is 695 g/mol. The van der Waals surface area contributed by atoms with Gasteiger partial charge in [-0.2, -0.15) is 4.58 Å². The van der Waals surface area contributed by atoms with Crippen molar-refractivity contribution >= 4 is 34.9 Å². The fourth-order valence-electron chi connectivity index (χ4n) is 6.62. The van der Waals surface area contributed by atoms with Gasteiger partial charge in [0.25, 0.3) is 11.8 Å². The number of amides is 2. The third-order valence-corrected chi connectivity index (χ3v) is 8.88. The number of unbranched alkanes of at least 4 members (excludes halogenated alkanes) is 2. The number of allylic oxidation sites excluding steroid dienone is 4. The number of benzene rings is 2. The van der Waals surface area contributed by atoms with Crippen LogP contribution in [-0.2, 0) is 30.1 Å². The van der Waals surface area contributed by atoms with Crippen LogP contribution in [0.2, 0.25) is 0 Å². The highest BCUT2D eigenvalue weighted by molar-refractivity contribution is 6.03. The molecule has 0 atom stereocenters. The number of carbonyl (C=O) groups is 3. The maximum atomic E-state index is 12.2. The number of imide groups is 1. The molecule has 228 valence electrons. The highest BCUT2D eigenvalue weighted by Crippen LogP contribution is 2.47. The number of rotatable bonds is 10. The number of likely N-dealkylation sites (N-methyl/N-ethyl adjacent to an activating group) is 1. The first-order chi connectivity index (χ1) is 20.1. The van der Waals surface area contributed by atoms with Crippen molar-refractivity contribution in [2.24, 2.45) is 0 Å². The van der Waals surface area contributed by atoms with E-state index >= 15 is 0 Å². The highest BCUT2D eigenvalue weighted by atomic mass is 127. The Labute approximate surface area is 272 Å². The molecule has 1 fully saturated rings. The molecule has 3 aliphatic rings. The van der Waals surface area contributed by atoms with Crippen LogP contribution in [0.1, 0.15) is 84.3 Å². The van der Waals surface area contributed by atoms with Gasteiger partial charge in [0.15, 0.2) is 5.71 Å². The summed E-state index contributed by atoms with van der Waals surface area (Å²) in [7, 11) is 0. The van der Waals surface area contributed by atoms with Gasteiger partial charge in [-0.05, 0) is 51.3 Å². The van der Waals surface area contributed by atoms with E-state index in [9.17, 15) is 14.4 Å². The van der Waals surface area contributed by atoms with Gasteiger partial charge in [-0.3, -0.25) is 9.59 Å². The summed E-state index contributed by atoms with van der Waals surface area (Å²) in [6.07, 6.45) is 9.48. The Bertz CT molecular complexity index is 1490. The van der Waals surface area contributed by atoms with Crippen molar-refractivity contribution in [3.05, 3.63) is 83.6 Å². The fraction of sp³-hybridized carbons (Fsp3) is 0.429. The maximum Gasteiger partial charge on any atom is 0.333 e. The molecule has 0 saturated carbocycles. The lowest BCUT2D eigenvalue weighted by atomic mass is 9.81. The van der Waals surface area contributed by atoms with Gasteiger partial charge in [0.1, 0.15) is 6.54 Å². The number of halogens is 1. The molecular weight excluding hydrogens is 653 g/mol. The van der Waals surface area contributed by atoms with Crippen molar-refractivity contribution in [1.29, 1.82) is 0 Å². The van der Waals surface area contributed by atoms with Crippen LogP contribution in [0.4, 0.5) is 11.4 Å². The molecule has 7 nitrogen and oxygen atoms in total. The van der Waals surface area contributed by atoms with Gasteiger partial charge in [-0.1, -0.05) is 56.3 Å². The van der Waals surface area contributed by atoms with E-state index in [1.54, 1.807) is 0 Å². The van der Waals surface area contributed by atoms with Crippen LogP contribution < -0.4 is 28.9 Å². The molecule has 2 aromatic carbocycles. The molecule has 1 saturated heterocycles. The van der Waals surface area contributed by atoms with Crippen LogP contribution >= 0.6 is 0 Å². The van der Waals surface area contributed by atoms with Crippen molar-refractivity contribution in [3.8, 4) is 0 Å². The lowest BCUT2D eigenvalue weighted by Crippen LogP contribution is -3.00. The van der Waals surface area contributed by atoms with E-state index < -0.39 is 17.8 Å². The minimum Gasteiger partial charge on any atom is -1.00 e. The average Bonchev–Trinajstić information content (AvgIpc) is 3.48. The van der Waals surface area contributed by atoms with E-state index in [1.165, 1.54) is 33.9 Å². The summed E-state index contributed by atoms with van der Waals surface area (Å²) < 4.78 is 2.41. The van der Waals surface area contributed by atoms with Crippen LogP contribution in [0.15, 0.2) is 72.5 Å². The van der Waals surface area contributed by atoms with Gasteiger partial charge in [-0.25, -0.2) is 4.79 Å². The van der Waals surface area contributed by atoms with Crippen LogP contribution in [-0.4, -0.2) is 46.2 Å². The van der Waals surface area contributed by atoms with Gasteiger partial charge in [-0.15, -0.1) is 5.06 Å². The van der Waals surface area contributed by atoms with Crippen molar-refractivity contribution < 1.29 is 47.8 Å². The normalized spacial score (nSPS) is 19.3. The first-order valence-electron chi connectivity index (χ1n) is 15.1. The predicted octanol–water partition coefficient (Wildman–Crippen LogP) is 3.49. The molecule has 8 heteroatoms. The van der Waals surface area contributed by atoms with Crippen LogP contribution in [0.25, 0.3) is 0 Å². The van der Waals surface area contributed by atoms with Gasteiger partial charge in [0, 0.05) is 66.7 Å². The quantitative estimate of drug-likeness (QED) is 0.165. The summed E-state index contributed by atoms with van der Waals surface area (Å²) in [5.74, 6) is -1.43. The molecule has 0 radical (unpaired) electrons. The van der Waals surface area contributed by atoms with E-state index in [0.717, 1.165) is 25.9 Å². The first kappa shape index (κ1) is 32.6. The van der Waals surface area contributed by atoms with Gasteiger partial charge >= 0.3 is 5.97 Å². The van der Waals surface area contributed by atoms with E-state index in [2.05, 4.69) is 111 Å². The molecular formula is C35H42IN3O4. The number of anilines is 1. The molecule has 3 aliphatic heterocycles. The Balaban J connectivity index is 0.00000423. The standard InChI is InChI=1S/C35H42N3O4.HI/c1-6-36-27-17-11-9-15-25(27)34(2,3)29(36)19-14-20-30-35(4,5)26-16-10-12-18-28(26)37(30)24-13-7-8-21-33(41)42-38-31(39)22-23-32(38)40;/h9-12,14-20H,6-8,13,21-24H2,1-5H3;1H/q+1;/p-1. The zero-order valence-corrected chi connectivity index (χ0v) is 28.0. The molecule has 0 unspecified atom stereocenters. The largest absolute Gasteiger partial charge is 1.00 e. The van der Waals surface area contributed by atoms with Crippen LogP contribution in [0.3, 0.4) is 0 Å². The number of hydroxylamine groups is 2. The summed E-state index contributed by atoms with van der Waals surface area (Å²) >= 11 is 0. The van der Waals surface area contributed by atoms with E-state index in [1.807, 2.05) is 0 Å². The second-order valence-electron chi connectivity index (χ2n) is 12.3. The summed E-state index contributed by atoms with van der Waals surface area (Å²) in [4.78, 5) is 43.0. The zero-order valence-electron chi connectivity index (χ0n) is 25.9. The van der Waals surface area contributed by atoms with E-state index in [4.69, 9.17) is 4.84 Å². The number of hydrogen-bond donors (Lipinski definition) is 0. The number of carbonyl (C=O) groups excluding carboxylic acids is 3. The second-order valence-corrected chi connectivity index (χ2v) is 12.3. The molecule has 5 rings (SSSR count). The molecule has 0 spiro atoms. The highest BCUT2D eigenvalue weighted by Gasteiger charge is 2.44. The molecule has 0 N–H and O–H groups in total. The average molecular weight is 696 g/mol. The minimum absolute atomic E-state index is 0. The molecule has 0 aliphatic carbocycles. The minimum atomic E-state index is -0.535. The van der Waals surface area contributed by atoms with Gasteiger partial charge < -0.3 is 33.7 Å². The molecule has 3 heterocycles. The zero-order chi connectivity index (χ0) is 30.1. The Morgan fingerprint density at radius 2 is 1.56 bits per heavy atom. The molecule has 2 amide bonds. The summed E-state index contributed by atoms with van der Waals surface area (Å²) in [5.41, 5.74) is 7.50. The van der Waals surface area contributed by atoms with Gasteiger partial charge in [0.05, 0.1) is 5.41 Å². The summed E-state index contributed by atoms with van der Waals surface area (Å²) in [6.45, 7) is 13.1. The third-order valence-electron chi connectivity index (χ3n) is 8.88. The predicted molar refractivity (Wildman–Crippen MR) is 165 cm³/mol. The van der Waals surface area contributed by atoms with Crippen LogP contribution in [0.5, 0.6) is 0 Å². The Morgan fingerprint density at radius 1 is 0.907 bits per heavy atom. The smallest absolute Gasteiger partial charge is 0.333 e. The second kappa shape index (κ2) is 13.2. The molecule has 43 heavy (non-hydrogen) atoms. The molecule has 2 aromatic rings. The number of fused-ring (bicyclic) bond motifs is 2. The number of nitrogens with zero attached hydrogens (tertiary/aromatic N) is 3. The van der Waals surface area contributed by atoms with Crippen molar-refractivity contribution in [1.82, 2.24) is 5.06 Å². The maximum absolute atomic E-state index is 12.2. The molecule has 0 bridgehead atoms. The lowest BCUT2D eigenvalue weighted by Gasteiger charge is -2.25. The first-order valence-corrected chi connectivity index (χ1v) is 15.1. The van der Waals surface area contributed by atoms with Crippen LogP contribution in [0, 0.1) is 0 Å². The Morgan fingerprint density at radius 3 is 2.26 bits per heavy atom. The Kier molecular flexibility index (Phi) is 9.99. The third kappa shape index (κ3) is 6.21. The van der Waals surface area contributed by atoms with Crippen molar-refractivity contribution in [3.63, 3.8) is 0 Å². The topological polar surface area (TPSA) is 69.9 Å². The fourth-order valence-corrected chi connectivity index (χ4v) is 6.62. The van der Waals surface area contributed by atoms with Crippen molar-refractivity contribution in [2.45, 2.75) is 84.0 Å². The Hall–Kier alpha value is -3.27. The number of hydrogen-bond acceptors (Lipinski definition) is 5. The van der Waals surface area contributed by atoms with Gasteiger partial charge in [0.2, 0.25) is 5.69 Å². The lowest BCUT2D eigenvalue weighted by molar-refractivity contribution is -0.438. The molecule has 0 aromatic heterocycles.